The highest BCUT2D eigenvalue weighted by atomic mass is 79.9. The van der Waals surface area contributed by atoms with Gasteiger partial charge in [0, 0.05) is 7.05 Å². The van der Waals surface area contributed by atoms with E-state index in [1.54, 1.807) is 14.0 Å². The van der Waals surface area contributed by atoms with Gasteiger partial charge in [0.15, 0.2) is 5.84 Å². The van der Waals surface area contributed by atoms with Crippen molar-refractivity contribution in [3.63, 3.8) is 0 Å². The number of aryl methyl sites for hydroxylation is 1. The van der Waals surface area contributed by atoms with E-state index in [1.807, 2.05) is 13.0 Å². The summed E-state index contributed by atoms with van der Waals surface area (Å²) in [5, 5.41) is 11.5. The summed E-state index contributed by atoms with van der Waals surface area (Å²) >= 11 is 4.74. The molecule has 0 saturated carbocycles. The Morgan fingerprint density at radius 1 is 1.71 bits per heavy atom. The number of amidine groups is 1. The lowest BCUT2D eigenvalue weighted by Crippen LogP contribution is -2.43. The predicted octanol–water partition coefficient (Wildman–Crippen LogP) is 2.03. The Labute approximate surface area is 112 Å². The van der Waals surface area contributed by atoms with Crippen LogP contribution in [0.15, 0.2) is 15.0 Å². The summed E-state index contributed by atoms with van der Waals surface area (Å²) in [6, 6.07) is 1.36. The lowest BCUT2D eigenvalue weighted by Gasteiger charge is -2.22. The van der Waals surface area contributed by atoms with Crippen LogP contribution in [0, 0.1) is 6.92 Å². The zero-order valence-corrected chi connectivity index (χ0v) is 12.2. The zero-order chi connectivity index (χ0) is 13.2. The molecule has 1 heterocycles. The highest BCUT2D eigenvalue weighted by molar-refractivity contribution is 9.11. The van der Waals surface area contributed by atoms with Gasteiger partial charge in [0.1, 0.15) is 0 Å². The van der Waals surface area contributed by atoms with E-state index in [1.165, 1.54) is 16.2 Å². The first-order valence-electron chi connectivity index (χ1n) is 4.89. The van der Waals surface area contributed by atoms with Crippen molar-refractivity contribution in [2.75, 3.05) is 7.05 Å². The molecular weight excluding hydrogens is 306 g/mol. The average Bonchev–Trinajstić information content (AvgIpc) is 2.65. The first-order valence-corrected chi connectivity index (χ1v) is 6.50. The van der Waals surface area contributed by atoms with Gasteiger partial charge in [-0.15, -0.1) is 11.3 Å². The van der Waals surface area contributed by atoms with Crippen molar-refractivity contribution < 1.29 is 10.0 Å². The van der Waals surface area contributed by atoms with Gasteiger partial charge < -0.3 is 15.8 Å². The van der Waals surface area contributed by atoms with Crippen molar-refractivity contribution >= 4 is 39.0 Å². The molecule has 5 nitrogen and oxygen atoms in total. The molecular formula is C10H14BrN3O2S. The minimum atomic E-state index is -0.450. The van der Waals surface area contributed by atoms with E-state index in [-0.39, 0.29) is 11.7 Å². The fraction of sp³-hybridized carbons (Fsp3) is 0.400. The summed E-state index contributed by atoms with van der Waals surface area (Å²) in [6.45, 7) is 3.62. The molecule has 1 atom stereocenters. The minimum absolute atomic E-state index is 0.00759. The number of rotatable bonds is 3. The number of halogens is 1. The fourth-order valence-corrected chi connectivity index (χ4v) is 2.71. The van der Waals surface area contributed by atoms with Gasteiger partial charge in [-0.25, -0.2) is 0 Å². The smallest absolute Gasteiger partial charge is 0.264 e. The van der Waals surface area contributed by atoms with Crippen LogP contribution in [0.2, 0.25) is 0 Å². The van der Waals surface area contributed by atoms with Crippen molar-refractivity contribution in [1.29, 1.82) is 0 Å². The van der Waals surface area contributed by atoms with E-state index in [2.05, 4.69) is 21.1 Å². The Bertz CT molecular complexity index is 439. The van der Waals surface area contributed by atoms with Crippen molar-refractivity contribution in [1.82, 2.24) is 4.90 Å². The summed E-state index contributed by atoms with van der Waals surface area (Å²) < 4.78 is 0.936. The van der Waals surface area contributed by atoms with Gasteiger partial charge in [-0.1, -0.05) is 5.16 Å². The number of hydrogen-bond acceptors (Lipinski definition) is 4. The van der Waals surface area contributed by atoms with Gasteiger partial charge in [0.2, 0.25) is 0 Å². The van der Waals surface area contributed by atoms with Gasteiger partial charge in [-0.2, -0.15) is 0 Å². The SMILES string of the molecule is Cc1cc(C(=O)N(C)C(C)C(N)=NO)sc1Br. The number of carbonyl (C=O) groups excluding carboxylic acids is 1. The van der Waals surface area contributed by atoms with Crippen molar-refractivity contribution in [2.45, 2.75) is 19.9 Å². The van der Waals surface area contributed by atoms with Crippen LogP contribution >= 0.6 is 27.3 Å². The summed E-state index contributed by atoms with van der Waals surface area (Å²) in [5.41, 5.74) is 6.49. The maximum absolute atomic E-state index is 12.1. The summed E-state index contributed by atoms with van der Waals surface area (Å²) in [4.78, 5) is 14.2. The second-order valence-corrected chi connectivity index (χ2v) is 6.05. The zero-order valence-electron chi connectivity index (χ0n) is 9.77. The molecule has 3 N–H and O–H groups in total. The van der Waals surface area contributed by atoms with E-state index in [0.29, 0.717) is 4.88 Å². The molecule has 94 valence electrons. The van der Waals surface area contributed by atoms with Gasteiger partial charge >= 0.3 is 0 Å². The molecule has 0 bridgehead atoms. The molecule has 1 rings (SSSR count). The molecule has 0 spiro atoms. The van der Waals surface area contributed by atoms with Crippen molar-refractivity contribution in [2.24, 2.45) is 10.9 Å². The number of nitrogens with two attached hydrogens (primary N) is 1. The molecule has 0 saturated heterocycles. The quantitative estimate of drug-likeness (QED) is 0.387. The number of hydrogen-bond donors (Lipinski definition) is 2. The third-order valence-electron chi connectivity index (χ3n) is 2.51. The van der Waals surface area contributed by atoms with Crippen LogP contribution in [0.25, 0.3) is 0 Å². The van der Waals surface area contributed by atoms with Crippen LogP contribution in [0.3, 0.4) is 0 Å². The van der Waals surface area contributed by atoms with E-state index in [0.717, 1.165) is 9.35 Å². The lowest BCUT2D eigenvalue weighted by molar-refractivity contribution is 0.0781. The summed E-state index contributed by atoms with van der Waals surface area (Å²) in [7, 11) is 1.62. The van der Waals surface area contributed by atoms with Gasteiger partial charge in [-0.3, -0.25) is 4.79 Å². The number of thiophene rings is 1. The molecule has 7 heteroatoms. The molecule has 0 fully saturated rings. The van der Waals surface area contributed by atoms with Crippen molar-refractivity contribution in [3.05, 3.63) is 20.3 Å². The third kappa shape index (κ3) is 2.98. The van der Waals surface area contributed by atoms with Crippen LogP contribution in [0.5, 0.6) is 0 Å². The Kier molecular flexibility index (Phi) is 4.53. The number of nitrogens with zero attached hydrogens (tertiary/aromatic N) is 2. The Morgan fingerprint density at radius 2 is 2.29 bits per heavy atom. The minimum Gasteiger partial charge on any atom is -0.409 e. The maximum atomic E-state index is 12.1. The molecule has 0 aliphatic heterocycles. The normalized spacial score (nSPS) is 13.5. The highest BCUT2D eigenvalue weighted by Gasteiger charge is 2.22. The van der Waals surface area contributed by atoms with E-state index in [9.17, 15) is 4.79 Å². The molecule has 0 aliphatic rings. The van der Waals surface area contributed by atoms with Crippen LogP contribution in [0.4, 0.5) is 0 Å². The topological polar surface area (TPSA) is 78.9 Å². The number of likely N-dealkylation sites (N-methyl/N-ethyl adjacent to an activating group) is 1. The molecule has 0 radical (unpaired) electrons. The van der Waals surface area contributed by atoms with Crippen LogP contribution in [0.1, 0.15) is 22.2 Å². The highest BCUT2D eigenvalue weighted by Crippen LogP contribution is 2.28. The second-order valence-electron chi connectivity index (χ2n) is 3.68. The van der Waals surface area contributed by atoms with Crippen LogP contribution in [-0.2, 0) is 0 Å². The van der Waals surface area contributed by atoms with Gasteiger partial charge in [0.25, 0.3) is 5.91 Å². The van der Waals surface area contributed by atoms with Crippen molar-refractivity contribution in [3.8, 4) is 0 Å². The van der Waals surface area contributed by atoms with Crippen LogP contribution < -0.4 is 5.73 Å². The Balaban J connectivity index is 2.90. The molecule has 1 unspecified atom stereocenters. The molecule has 0 aliphatic carbocycles. The molecule has 1 aromatic heterocycles. The standard InChI is InChI=1S/C10H14BrN3O2S/c1-5-4-7(17-8(5)11)10(15)14(3)6(2)9(12)13-16/h4,6,16H,1-3H3,(H2,12,13). The second kappa shape index (κ2) is 5.50. The molecule has 1 amide bonds. The largest absolute Gasteiger partial charge is 0.409 e. The number of oxime groups is 1. The fourth-order valence-electron chi connectivity index (χ4n) is 1.20. The molecule has 17 heavy (non-hydrogen) atoms. The Hall–Kier alpha value is -1.08. The third-order valence-corrected chi connectivity index (χ3v) is 4.64. The van der Waals surface area contributed by atoms with Gasteiger partial charge in [-0.05, 0) is 41.4 Å². The first-order chi connectivity index (χ1) is 7.88. The number of carbonyl (C=O) groups is 1. The first kappa shape index (κ1) is 14.0. The average molecular weight is 320 g/mol. The molecule has 0 aromatic carbocycles. The number of amides is 1. The predicted molar refractivity (Wildman–Crippen MR) is 71.7 cm³/mol. The van der Waals surface area contributed by atoms with E-state index >= 15 is 0 Å². The van der Waals surface area contributed by atoms with Gasteiger partial charge in [0.05, 0.1) is 14.7 Å². The van der Waals surface area contributed by atoms with E-state index < -0.39 is 6.04 Å². The summed E-state index contributed by atoms with van der Waals surface area (Å²) in [6.07, 6.45) is 0. The monoisotopic (exact) mass is 319 g/mol. The maximum Gasteiger partial charge on any atom is 0.264 e. The van der Waals surface area contributed by atoms with E-state index in [4.69, 9.17) is 10.9 Å². The van der Waals surface area contributed by atoms with Crippen LogP contribution in [-0.4, -0.2) is 34.9 Å². The Morgan fingerprint density at radius 3 is 2.71 bits per heavy atom. The lowest BCUT2D eigenvalue weighted by atomic mass is 10.2. The molecule has 1 aromatic rings. The summed E-state index contributed by atoms with van der Waals surface area (Å²) in [5.74, 6) is -0.143.